The number of rotatable bonds is 9. The number of morpholine rings is 1. The van der Waals surface area contributed by atoms with E-state index in [4.69, 9.17) is 14.2 Å². The van der Waals surface area contributed by atoms with Crippen LogP contribution in [0.3, 0.4) is 0 Å². The van der Waals surface area contributed by atoms with Crippen molar-refractivity contribution in [3.05, 3.63) is 23.8 Å². The van der Waals surface area contributed by atoms with Crippen LogP contribution in [0.5, 0.6) is 11.5 Å². The molecule has 6 heteroatoms. The van der Waals surface area contributed by atoms with Gasteiger partial charge >= 0.3 is 0 Å². The zero-order chi connectivity index (χ0) is 19.8. The molecule has 2 aliphatic heterocycles. The maximum absolute atomic E-state index is 10.4. The minimum Gasteiger partial charge on any atom is -0.493 e. The number of nitrogens with zero attached hydrogens (tertiary/aromatic N) is 2. The maximum atomic E-state index is 10.4. The van der Waals surface area contributed by atoms with E-state index in [9.17, 15) is 5.11 Å². The lowest BCUT2D eigenvalue weighted by Gasteiger charge is -2.32. The number of ether oxygens (including phenoxy) is 3. The fourth-order valence-electron chi connectivity index (χ4n) is 4.12. The Balaban J connectivity index is 1.57. The van der Waals surface area contributed by atoms with Crippen molar-refractivity contribution < 1.29 is 19.3 Å². The van der Waals surface area contributed by atoms with Crippen molar-refractivity contribution in [3.63, 3.8) is 0 Å². The smallest absolute Gasteiger partial charge is 0.165 e. The van der Waals surface area contributed by atoms with E-state index in [0.29, 0.717) is 6.54 Å². The lowest BCUT2D eigenvalue weighted by atomic mass is 9.94. The lowest BCUT2D eigenvalue weighted by molar-refractivity contribution is 0.00428. The van der Waals surface area contributed by atoms with E-state index in [0.717, 1.165) is 68.9 Å². The Morgan fingerprint density at radius 1 is 1.14 bits per heavy atom. The third-order valence-corrected chi connectivity index (χ3v) is 5.95. The molecule has 0 aliphatic carbocycles. The van der Waals surface area contributed by atoms with E-state index < -0.39 is 6.10 Å². The predicted molar refractivity (Wildman–Crippen MR) is 110 cm³/mol. The Morgan fingerprint density at radius 3 is 2.57 bits per heavy atom. The number of methoxy groups -OCH3 is 1. The Bertz CT molecular complexity index is 584. The quantitative estimate of drug-likeness (QED) is 0.696. The Kier molecular flexibility index (Phi) is 8.40. The van der Waals surface area contributed by atoms with Gasteiger partial charge in [0.05, 0.1) is 20.3 Å². The molecule has 0 saturated carbocycles. The summed E-state index contributed by atoms with van der Waals surface area (Å²) in [5, 5.41) is 10.4. The number of para-hydroxylation sites is 1. The molecule has 2 saturated heterocycles. The van der Waals surface area contributed by atoms with Gasteiger partial charge in [0.2, 0.25) is 0 Å². The van der Waals surface area contributed by atoms with Gasteiger partial charge in [0.15, 0.2) is 11.5 Å². The molecule has 0 bridgehead atoms. The Morgan fingerprint density at radius 2 is 1.89 bits per heavy atom. The van der Waals surface area contributed by atoms with Gasteiger partial charge in [-0.05, 0) is 37.9 Å². The van der Waals surface area contributed by atoms with Crippen molar-refractivity contribution in [2.24, 2.45) is 5.92 Å². The van der Waals surface area contributed by atoms with Crippen molar-refractivity contribution in [3.8, 4) is 11.5 Å². The molecule has 158 valence electrons. The van der Waals surface area contributed by atoms with Crippen LogP contribution in [0, 0.1) is 5.92 Å². The summed E-state index contributed by atoms with van der Waals surface area (Å²) in [6.07, 6.45) is 3.29. The van der Waals surface area contributed by atoms with Crippen molar-refractivity contribution in [2.75, 3.05) is 59.7 Å². The molecule has 2 fully saturated rings. The average molecular weight is 393 g/mol. The fraction of sp³-hybridized carbons (Fsp3) is 0.727. The fourth-order valence-corrected chi connectivity index (χ4v) is 4.12. The highest BCUT2D eigenvalue weighted by Crippen LogP contribution is 2.33. The second-order valence-corrected chi connectivity index (χ2v) is 7.95. The van der Waals surface area contributed by atoms with Gasteiger partial charge in [-0.15, -0.1) is 0 Å². The standard InChI is InChI=1S/C22H36N2O4/c1-3-18-7-9-23(10-8-18)15-19-5-4-6-21(26-2)22(19)28-17-20(25)16-24-11-13-27-14-12-24/h4-6,18,20,25H,3,7-17H2,1-2H3/t20-/m1/s1. The van der Waals surface area contributed by atoms with Gasteiger partial charge in [0.25, 0.3) is 0 Å². The molecule has 3 rings (SSSR count). The molecule has 1 aromatic carbocycles. The number of hydrogen-bond acceptors (Lipinski definition) is 6. The van der Waals surface area contributed by atoms with Gasteiger partial charge in [-0.1, -0.05) is 25.5 Å². The zero-order valence-corrected chi connectivity index (χ0v) is 17.4. The third kappa shape index (κ3) is 6.08. The molecule has 2 aliphatic rings. The summed E-state index contributed by atoms with van der Waals surface area (Å²) in [6.45, 7) is 9.50. The van der Waals surface area contributed by atoms with Crippen LogP contribution < -0.4 is 9.47 Å². The molecular formula is C22H36N2O4. The van der Waals surface area contributed by atoms with Crippen LogP contribution in [0.1, 0.15) is 31.7 Å². The summed E-state index contributed by atoms with van der Waals surface area (Å²) < 4.78 is 17.0. The first-order valence-corrected chi connectivity index (χ1v) is 10.7. The van der Waals surface area contributed by atoms with E-state index in [1.54, 1.807) is 7.11 Å². The van der Waals surface area contributed by atoms with E-state index in [-0.39, 0.29) is 6.61 Å². The van der Waals surface area contributed by atoms with Gasteiger partial charge in [0.1, 0.15) is 12.7 Å². The van der Waals surface area contributed by atoms with Crippen LogP contribution in [0.15, 0.2) is 18.2 Å². The highest BCUT2D eigenvalue weighted by atomic mass is 16.5. The van der Waals surface area contributed by atoms with Gasteiger partial charge in [0, 0.05) is 31.7 Å². The van der Waals surface area contributed by atoms with Crippen LogP contribution in [-0.2, 0) is 11.3 Å². The number of piperidine rings is 1. The molecule has 0 amide bonds. The number of aliphatic hydroxyl groups excluding tert-OH is 1. The molecule has 6 nitrogen and oxygen atoms in total. The molecule has 2 heterocycles. The first-order valence-electron chi connectivity index (χ1n) is 10.7. The molecule has 0 radical (unpaired) electrons. The van der Waals surface area contributed by atoms with Gasteiger partial charge in [-0.3, -0.25) is 9.80 Å². The highest BCUT2D eigenvalue weighted by molar-refractivity contribution is 5.46. The van der Waals surface area contributed by atoms with Gasteiger partial charge < -0.3 is 19.3 Å². The van der Waals surface area contributed by atoms with E-state index >= 15 is 0 Å². The third-order valence-electron chi connectivity index (χ3n) is 5.95. The van der Waals surface area contributed by atoms with Crippen LogP contribution in [-0.4, -0.2) is 80.7 Å². The zero-order valence-electron chi connectivity index (χ0n) is 17.4. The summed E-state index contributed by atoms with van der Waals surface area (Å²) in [6, 6.07) is 6.05. The second-order valence-electron chi connectivity index (χ2n) is 7.95. The van der Waals surface area contributed by atoms with Crippen molar-refractivity contribution in [2.45, 2.75) is 38.8 Å². The largest absolute Gasteiger partial charge is 0.493 e. The number of β-amino-alcohol motifs (C(OH)–C–C–N with tert-alkyl or cyclic N) is 1. The Hall–Kier alpha value is -1.34. The summed E-state index contributed by atoms with van der Waals surface area (Å²) in [7, 11) is 1.67. The van der Waals surface area contributed by atoms with E-state index in [1.165, 1.54) is 19.3 Å². The molecule has 1 N–H and O–H groups in total. The van der Waals surface area contributed by atoms with Crippen LogP contribution in [0.25, 0.3) is 0 Å². The first-order chi connectivity index (χ1) is 13.7. The molecule has 1 atom stereocenters. The molecule has 1 aromatic rings. The molecular weight excluding hydrogens is 356 g/mol. The van der Waals surface area contributed by atoms with Crippen LogP contribution >= 0.6 is 0 Å². The van der Waals surface area contributed by atoms with Crippen LogP contribution in [0.2, 0.25) is 0 Å². The molecule has 28 heavy (non-hydrogen) atoms. The SMILES string of the molecule is CCC1CCN(Cc2cccc(OC)c2OC[C@H](O)CN2CCOCC2)CC1. The summed E-state index contributed by atoms with van der Waals surface area (Å²) in [5.41, 5.74) is 1.13. The summed E-state index contributed by atoms with van der Waals surface area (Å²) >= 11 is 0. The summed E-state index contributed by atoms with van der Waals surface area (Å²) in [4.78, 5) is 4.72. The summed E-state index contributed by atoms with van der Waals surface area (Å²) in [5.74, 6) is 2.37. The minimum absolute atomic E-state index is 0.267. The minimum atomic E-state index is -0.531. The highest BCUT2D eigenvalue weighted by Gasteiger charge is 2.21. The first kappa shape index (κ1) is 21.4. The van der Waals surface area contributed by atoms with Crippen molar-refractivity contribution in [1.82, 2.24) is 9.80 Å². The van der Waals surface area contributed by atoms with Gasteiger partial charge in [-0.2, -0.15) is 0 Å². The number of aliphatic hydroxyl groups is 1. The van der Waals surface area contributed by atoms with Crippen molar-refractivity contribution >= 4 is 0 Å². The monoisotopic (exact) mass is 392 g/mol. The van der Waals surface area contributed by atoms with E-state index in [2.05, 4.69) is 22.8 Å². The number of likely N-dealkylation sites (tertiary alicyclic amines) is 1. The molecule has 0 spiro atoms. The normalized spacial score (nSPS) is 20.8. The van der Waals surface area contributed by atoms with Crippen molar-refractivity contribution in [1.29, 1.82) is 0 Å². The number of hydrogen-bond donors (Lipinski definition) is 1. The van der Waals surface area contributed by atoms with Crippen LogP contribution in [0.4, 0.5) is 0 Å². The molecule has 0 aromatic heterocycles. The second kappa shape index (κ2) is 11.0. The molecule has 0 unspecified atom stereocenters. The average Bonchev–Trinajstić information content (AvgIpc) is 2.74. The Labute approximate surface area is 169 Å². The maximum Gasteiger partial charge on any atom is 0.165 e. The topological polar surface area (TPSA) is 54.4 Å². The number of benzene rings is 1. The van der Waals surface area contributed by atoms with Gasteiger partial charge in [-0.25, -0.2) is 0 Å². The predicted octanol–water partition coefficient (Wildman–Crippen LogP) is 2.39. The lowest BCUT2D eigenvalue weighted by Crippen LogP contribution is -2.42. The van der Waals surface area contributed by atoms with E-state index in [1.807, 2.05) is 12.1 Å².